The quantitative estimate of drug-likeness (QED) is 0.928. The molecule has 1 atom stereocenters. The lowest BCUT2D eigenvalue weighted by Crippen LogP contribution is -2.55. The first-order valence-corrected chi connectivity index (χ1v) is 7.56. The molecule has 0 unspecified atom stereocenters. The van der Waals surface area contributed by atoms with Gasteiger partial charge in [0.1, 0.15) is 0 Å². The molecule has 0 radical (unpaired) electrons. The number of likely N-dealkylation sites (tertiary alicyclic amines) is 1. The lowest BCUT2D eigenvalue weighted by molar-refractivity contribution is -0.127. The van der Waals surface area contributed by atoms with E-state index in [2.05, 4.69) is 25.4 Å². The second-order valence-electron chi connectivity index (χ2n) is 5.91. The van der Waals surface area contributed by atoms with Crippen LogP contribution in [0.1, 0.15) is 31.4 Å². The molecular formula is C13H18ClF2N5. The number of halogens is 3. The van der Waals surface area contributed by atoms with Gasteiger partial charge in [-0.25, -0.2) is 13.8 Å². The summed E-state index contributed by atoms with van der Waals surface area (Å²) in [4.78, 5) is 6.39. The van der Waals surface area contributed by atoms with Crippen LogP contribution in [0.2, 0.25) is 5.15 Å². The molecule has 8 heteroatoms. The lowest BCUT2D eigenvalue weighted by Gasteiger charge is -2.45. The van der Waals surface area contributed by atoms with E-state index < -0.39 is 5.92 Å². The Morgan fingerprint density at radius 1 is 1.33 bits per heavy atom. The molecule has 0 amide bonds. The predicted molar refractivity (Wildman–Crippen MR) is 75.8 cm³/mol. The van der Waals surface area contributed by atoms with E-state index >= 15 is 0 Å². The smallest absolute Gasteiger partial charge is 0.251 e. The van der Waals surface area contributed by atoms with Crippen LogP contribution in [-0.2, 0) is 0 Å². The number of aromatic nitrogens is 3. The van der Waals surface area contributed by atoms with Gasteiger partial charge in [-0.3, -0.25) is 4.90 Å². The summed E-state index contributed by atoms with van der Waals surface area (Å²) in [6.07, 6.45) is 1.93. The topological polar surface area (TPSA) is 53.9 Å². The number of nitrogens with one attached hydrogen (secondary N) is 1. The number of piperidine rings is 1. The standard InChI is InChI=1S/C13H18ClF2N5/c1-8-11(14)19-20-12(17-8)18-9-3-2-4-21(7-9)10-5-13(15,16)6-10/h9-10H,2-7H2,1H3,(H,17,18,20)/t9-/m1/s1. The molecule has 1 aromatic heterocycles. The Morgan fingerprint density at radius 2 is 2.10 bits per heavy atom. The maximum atomic E-state index is 13.0. The third-order valence-electron chi connectivity index (χ3n) is 4.18. The molecule has 1 aromatic rings. The van der Waals surface area contributed by atoms with Crippen LogP contribution >= 0.6 is 11.6 Å². The van der Waals surface area contributed by atoms with Crippen LogP contribution in [0.5, 0.6) is 0 Å². The van der Waals surface area contributed by atoms with Crippen molar-refractivity contribution in [3.63, 3.8) is 0 Å². The number of nitrogens with zero attached hydrogens (tertiary/aromatic N) is 4. The van der Waals surface area contributed by atoms with E-state index in [1.54, 1.807) is 6.92 Å². The van der Waals surface area contributed by atoms with Gasteiger partial charge in [-0.15, -0.1) is 10.2 Å². The fourth-order valence-corrected chi connectivity index (χ4v) is 3.06. The van der Waals surface area contributed by atoms with E-state index in [1.165, 1.54) is 0 Å². The minimum Gasteiger partial charge on any atom is -0.349 e. The highest BCUT2D eigenvalue weighted by Gasteiger charge is 2.48. The molecule has 0 bridgehead atoms. The predicted octanol–water partition coefficient (Wildman–Crippen LogP) is 2.51. The van der Waals surface area contributed by atoms with Crippen LogP contribution in [0.3, 0.4) is 0 Å². The summed E-state index contributed by atoms with van der Waals surface area (Å²) < 4.78 is 26.0. The highest BCUT2D eigenvalue weighted by molar-refractivity contribution is 6.29. The van der Waals surface area contributed by atoms with Gasteiger partial charge >= 0.3 is 0 Å². The zero-order chi connectivity index (χ0) is 15.0. The lowest BCUT2D eigenvalue weighted by atomic mass is 9.85. The van der Waals surface area contributed by atoms with Crippen LogP contribution in [0, 0.1) is 6.92 Å². The van der Waals surface area contributed by atoms with Crippen molar-refractivity contribution in [2.45, 2.75) is 50.6 Å². The first kappa shape index (κ1) is 14.8. The molecule has 116 valence electrons. The molecule has 2 aliphatic rings. The molecule has 1 saturated carbocycles. The molecule has 0 aromatic carbocycles. The van der Waals surface area contributed by atoms with E-state index in [1.807, 2.05) is 0 Å². The first-order chi connectivity index (χ1) is 9.93. The van der Waals surface area contributed by atoms with Crippen LogP contribution < -0.4 is 5.32 Å². The van der Waals surface area contributed by atoms with Crippen LogP contribution in [0.25, 0.3) is 0 Å². The molecule has 3 rings (SSSR count). The maximum absolute atomic E-state index is 13.0. The Hall–Kier alpha value is -1.08. The Morgan fingerprint density at radius 3 is 2.76 bits per heavy atom. The normalized spacial score (nSPS) is 26.4. The Kier molecular flexibility index (Phi) is 3.96. The Labute approximate surface area is 127 Å². The van der Waals surface area contributed by atoms with Gasteiger partial charge in [-0.1, -0.05) is 11.6 Å². The number of aryl methyl sites for hydroxylation is 1. The van der Waals surface area contributed by atoms with Gasteiger partial charge in [0, 0.05) is 31.5 Å². The van der Waals surface area contributed by atoms with Crippen molar-refractivity contribution in [2.75, 3.05) is 18.4 Å². The highest BCUT2D eigenvalue weighted by Crippen LogP contribution is 2.41. The second kappa shape index (κ2) is 5.61. The van der Waals surface area contributed by atoms with Crippen LogP contribution in [0.15, 0.2) is 0 Å². The second-order valence-corrected chi connectivity index (χ2v) is 6.27. The van der Waals surface area contributed by atoms with Crippen LogP contribution in [-0.4, -0.2) is 51.2 Å². The third-order valence-corrected chi connectivity index (χ3v) is 4.52. The summed E-state index contributed by atoms with van der Waals surface area (Å²) >= 11 is 5.80. The number of hydrogen-bond donors (Lipinski definition) is 1. The van der Waals surface area contributed by atoms with Crippen molar-refractivity contribution < 1.29 is 8.78 Å². The minimum atomic E-state index is -2.47. The first-order valence-electron chi connectivity index (χ1n) is 7.18. The number of anilines is 1. The largest absolute Gasteiger partial charge is 0.349 e. The van der Waals surface area contributed by atoms with E-state index in [9.17, 15) is 8.78 Å². The molecule has 1 aliphatic heterocycles. The number of alkyl halides is 2. The van der Waals surface area contributed by atoms with Gasteiger partial charge in [-0.2, -0.15) is 0 Å². The number of rotatable bonds is 3. The zero-order valence-electron chi connectivity index (χ0n) is 11.8. The summed E-state index contributed by atoms with van der Waals surface area (Å²) in [5.74, 6) is -2.02. The SMILES string of the molecule is Cc1nc(N[C@@H]2CCCN(C3CC(F)(F)C3)C2)nnc1Cl. The van der Waals surface area contributed by atoms with Crippen molar-refractivity contribution >= 4 is 17.5 Å². The monoisotopic (exact) mass is 317 g/mol. The average Bonchev–Trinajstić information content (AvgIpc) is 2.40. The number of hydrogen-bond acceptors (Lipinski definition) is 5. The minimum absolute atomic E-state index is 0.00981. The summed E-state index contributed by atoms with van der Waals surface area (Å²) in [6, 6.07) is 0.172. The Bertz CT molecular complexity index is 519. The molecule has 1 N–H and O–H groups in total. The van der Waals surface area contributed by atoms with Crippen molar-refractivity contribution in [1.82, 2.24) is 20.1 Å². The van der Waals surface area contributed by atoms with Gasteiger partial charge in [0.2, 0.25) is 5.95 Å². The van der Waals surface area contributed by atoms with Crippen molar-refractivity contribution in [2.24, 2.45) is 0 Å². The fraction of sp³-hybridized carbons (Fsp3) is 0.769. The van der Waals surface area contributed by atoms with Crippen molar-refractivity contribution in [3.05, 3.63) is 10.8 Å². The molecule has 0 spiro atoms. The molecular weight excluding hydrogens is 300 g/mol. The van der Waals surface area contributed by atoms with E-state index in [0.29, 0.717) is 16.8 Å². The van der Waals surface area contributed by atoms with Crippen molar-refractivity contribution in [3.8, 4) is 0 Å². The molecule has 2 fully saturated rings. The zero-order valence-corrected chi connectivity index (χ0v) is 12.6. The van der Waals surface area contributed by atoms with E-state index in [4.69, 9.17) is 11.6 Å². The third kappa shape index (κ3) is 3.40. The summed E-state index contributed by atoms with van der Waals surface area (Å²) in [6.45, 7) is 3.40. The molecule has 5 nitrogen and oxygen atoms in total. The average molecular weight is 318 g/mol. The molecule has 2 heterocycles. The van der Waals surface area contributed by atoms with E-state index in [-0.39, 0.29) is 24.9 Å². The van der Waals surface area contributed by atoms with Gasteiger partial charge in [0.05, 0.1) is 5.69 Å². The molecule has 21 heavy (non-hydrogen) atoms. The van der Waals surface area contributed by atoms with Crippen LogP contribution in [0.4, 0.5) is 14.7 Å². The van der Waals surface area contributed by atoms with Crippen molar-refractivity contribution in [1.29, 1.82) is 0 Å². The van der Waals surface area contributed by atoms with E-state index in [0.717, 1.165) is 25.9 Å². The summed E-state index contributed by atoms with van der Waals surface area (Å²) in [7, 11) is 0. The van der Waals surface area contributed by atoms with Gasteiger partial charge < -0.3 is 5.32 Å². The molecule has 1 saturated heterocycles. The summed E-state index contributed by atoms with van der Waals surface area (Å²) in [5, 5.41) is 11.3. The molecule has 1 aliphatic carbocycles. The van der Waals surface area contributed by atoms with Gasteiger partial charge in [0.25, 0.3) is 5.92 Å². The van der Waals surface area contributed by atoms with Gasteiger partial charge in [0.15, 0.2) is 5.15 Å². The Balaban J connectivity index is 1.57. The highest BCUT2D eigenvalue weighted by atomic mass is 35.5. The summed E-state index contributed by atoms with van der Waals surface area (Å²) in [5.41, 5.74) is 0.625. The fourth-order valence-electron chi connectivity index (χ4n) is 2.98. The van der Waals surface area contributed by atoms with Gasteiger partial charge in [-0.05, 0) is 26.3 Å². The maximum Gasteiger partial charge on any atom is 0.251 e.